The number of hydrogen-bond acceptors (Lipinski definition) is 3. The van der Waals surface area contributed by atoms with E-state index in [4.69, 9.17) is 4.43 Å². The molecule has 2 aliphatic rings. The summed E-state index contributed by atoms with van der Waals surface area (Å²) in [5.74, 6) is 2.93. The van der Waals surface area contributed by atoms with Crippen molar-refractivity contribution in [2.75, 3.05) is 0 Å². The van der Waals surface area contributed by atoms with Crippen LogP contribution in [0.2, 0.25) is 5.04 Å². The quantitative estimate of drug-likeness (QED) is 0.588. The Morgan fingerprint density at radius 3 is 2.00 bits per heavy atom. The topological polar surface area (TPSA) is 39.9 Å². The molecule has 30 heavy (non-hydrogen) atoms. The number of aryl methyl sites for hydroxylation is 1. The summed E-state index contributed by atoms with van der Waals surface area (Å²) in [5.41, 5.74) is 0. The Balaban J connectivity index is 1.57. The van der Waals surface area contributed by atoms with Crippen molar-refractivity contribution in [3.8, 4) is 0 Å². The fourth-order valence-electron chi connectivity index (χ4n) is 5.00. The molecule has 0 saturated heterocycles. The zero-order valence-corrected chi connectivity index (χ0v) is 19.2. The van der Waals surface area contributed by atoms with E-state index < -0.39 is 8.32 Å². The average Bonchev–Trinajstić information content (AvgIpc) is 3.51. The molecule has 1 aromatic heterocycles. The summed E-state index contributed by atoms with van der Waals surface area (Å²) in [5, 5.41) is 11.7. The highest BCUT2D eigenvalue weighted by atomic mass is 28.4. The molecule has 5 heteroatoms. The van der Waals surface area contributed by atoms with Crippen LogP contribution >= 0.6 is 0 Å². The Hall–Kier alpha value is -2.24. The summed E-state index contributed by atoms with van der Waals surface area (Å²) in [6.07, 6.45) is 4.63. The van der Waals surface area contributed by atoms with Crippen LogP contribution in [0.15, 0.2) is 60.7 Å². The zero-order valence-electron chi connectivity index (χ0n) is 18.2. The van der Waals surface area contributed by atoms with Gasteiger partial charge in [0.15, 0.2) is 0 Å². The molecule has 2 aromatic carbocycles. The lowest BCUT2D eigenvalue weighted by Crippen LogP contribution is -2.68. The number of aromatic nitrogens is 3. The Labute approximate surface area is 180 Å². The Morgan fingerprint density at radius 1 is 0.867 bits per heavy atom. The van der Waals surface area contributed by atoms with Crippen LogP contribution in [0, 0.1) is 0 Å². The minimum absolute atomic E-state index is 0.00247. The van der Waals surface area contributed by atoms with Gasteiger partial charge in [0.2, 0.25) is 0 Å². The summed E-state index contributed by atoms with van der Waals surface area (Å²) in [7, 11) is -2.52. The van der Waals surface area contributed by atoms with Gasteiger partial charge in [-0.15, -0.1) is 10.2 Å². The van der Waals surface area contributed by atoms with Gasteiger partial charge in [-0.3, -0.25) is 0 Å². The predicted octanol–water partition coefficient (Wildman–Crippen LogP) is 4.05. The van der Waals surface area contributed by atoms with Gasteiger partial charge in [0.1, 0.15) is 11.6 Å². The third kappa shape index (κ3) is 3.34. The van der Waals surface area contributed by atoms with Crippen molar-refractivity contribution in [3.63, 3.8) is 0 Å². The highest BCUT2D eigenvalue weighted by Crippen LogP contribution is 2.41. The smallest absolute Gasteiger partial charge is 0.261 e. The van der Waals surface area contributed by atoms with E-state index in [-0.39, 0.29) is 11.1 Å². The number of rotatable bonds is 5. The molecule has 1 atom stereocenters. The number of fused-ring (bicyclic) bond motifs is 1. The first-order valence-electron chi connectivity index (χ1n) is 11.2. The monoisotopic (exact) mass is 417 g/mol. The maximum atomic E-state index is 7.36. The van der Waals surface area contributed by atoms with E-state index in [1.54, 1.807) is 0 Å². The molecule has 1 fully saturated rings. The summed E-state index contributed by atoms with van der Waals surface area (Å²) in [6.45, 7) is 7.92. The van der Waals surface area contributed by atoms with Crippen molar-refractivity contribution >= 4 is 18.7 Å². The van der Waals surface area contributed by atoms with Crippen molar-refractivity contribution in [2.24, 2.45) is 0 Å². The highest BCUT2D eigenvalue weighted by Gasteiger charge is 2.51. The van der Waals surface area contributed by atoms with E-state index in [2.05, 4.69) is 96.2 Å². The van der Waals surface area contributed by atoms with E-state index in [1.165, 1.54) is 29.0 Å². The Kier molecular flexibility index (Phi) is 4.90. The standard InChI is InChI=1S/C25H31N3OSi/c1-25(2,3)30(21-10-6-4-7-11-21,22-12-8-5-9-13-22)29-20-16-17-23-26-27-24(19-14-15-19)28(23)18-20/h4-13,19-20H,14-18H2,1-3H3. The minimum Gasteiger partial charge on any atom is -0.403 e. The SMILES string of the molecule is CC(C)(C)[Si](OC1CCc2nnc(C3CC3)n2C1)(c1ccccc1)c1ccccc1. The van der Waals surface area contributed by atoms with Gasteiger partial charge in [0.25, 0.3) is 8.32 Å². The molecule has 5 rings (SSSR count). The van der Waals surface area contributed by atoms with Crippen molar-refractivity contribution < 1.29 is 4.43 Å². The maximum absolute atomic E-state index is 7.36. The molecule has 4 nitrogen and oxygen atoms in total. The van der Waals surface area contributed by atoms with E-state index in [9.17, 15) is 0 Å². The maximum Gasteiger partial charge on any atom is 0.261 e. The van der Waals surface area contributed by atoms with Crippen molar-refractivity contribution in [3.05, 3.63) is 72.3 Å². The first kappa shape index (κ1) is 19.7. The van der Waals surface area contributed by atoms with Crippen LogP contribution in [0.3, 0.4) is 0 Å². The molecule has 0 amide bonds. The fraction of sp³-hybridized carbons (Fsp3) is 0.440. The first-order chi connectivity index (χ1) is 14.5. The van der Waals surface area contributed by atoms with Gasteiger partial charge in [0.05, 0.1) is 12.6 Å². The molecule has 1 saturated carbocycles. The van der Waals surface area contributed by atoms with Gasteiger partial charge < -0.3 is 8.99 Å². The van der Waals surface area contributed by atoms with Gasteiger partial charge >= 0.3 is 0 Å². The van der Waals surface area contributed by atoms with E-state index in [1.807, 2.05) is 0 Å². The Morgan fingerprint density at radius 2 is 1.47 bits per heavy atom. The second-order valence-corrected chi connectivity index (χ2v) is 14.1. The molecule has 1 unspecified atom stereocenters. The third-order valence-electron chi connectivity index (χ3n) is 6.63. The summed E-state index contributed by atoms with van der Waals surface area (Å²) in [6, 6.07) is 21.9. The lowest BCUT2D eigenvalue weighted by atomic mass is 10.1. The summed E-state index contributed by atoms with van der Waals surface area (Å²) in [4.78, 5) is 0. The highest BCUT2D eigenvalue weighted by molar-refractivity contribution is 6.99. The lowest BCUT2D eigenvalue weighted by Gasteiger charge is -2.46. The van der Waals surface area contributed by atoms with Crippen LogP contribution in [-0.2, 0) is 17.4 Å². The molecule has 0 radical (unpaired) electrons. The van der Waals surface area contributed by atoms with E-state index in [0.717, 1.165) is 25.2 Å². The second-order valence-electron chi connectivity index (χ2n) is 9.80. The molecular weight excluding hydrogens is 386 g/mol. The Bertz CT molecular complexity index is 966. The van der Waals surface area contributed by atoms with Gasteiger partial charge in [0, 0.05) is 12.3 Å². The van der Waals surface area contributed by atoms with E-state index in [0.29, 0.717) is 5.92 Å². The number of hydrogen-bond donors (Lipinski definition) is 0. The molecule has 0 bridgehead atoms. The molecule has 1 aliphatic heterocycles. The lowest BCUT2D eigenvalue weighted by molar-refractivity contribution is 0.142. The fourth-order valence-corrected chi connectivity index (χ4v) is 9.71. The second kappa shape index (κ2) is 7.47. The normalized spacial score (nSPS) is 19.5. The first-order valence-corrected chi connectivity index (χ1v) is 13.1. The van der Waals surface area contributed by atoms with Gasteiger partial charge in [-0.1, -0.05) is 81.4 Å². The van der Waals surface area contributed by atoms with Crippen LogP contribution < -0.4 is 10.4 Å². The zero-order chi connectivity index (χ0) is 20.8. The summed E-state index contributed by atoms with van der Waals surface area (Å²) >= 11 is 0. The van der Waals surface area contributed by atoms with Crippen molar-refractivity contribution in [1.82, 2.24) is 14.8 Å². The number of benzene rings is 2. The molecule has 0 spiro atoms. The van der Waals surface area contributed by atoms with Crippen LogP contribution in [0.25, 0.3) is 0 Å². The largest absolute Gasteiger partial charge is 0.403 e. The molecule has 156 valence electrons. The number of nitrogens with zero attached hydrogens (tertiary/aromatic N) is 3. The van der Waals surface area contributed by atoms with Crippen molar-refractivity contribution in [1.29, 1.82) is 0 Å². The van der Waals surface area contributed by atoms with Crippen LogP contribution in [0.4, 0.5) is 0 Å². The van der Waals surface area contributed by atoms with Gasteiger partial charge in [-0.05, 0) is 34.7 Å². The third-order valence-corrected chi connectivity index (χ3v) is 11.7. The minimum atomic E-state index is -2.52. The molecule has 0 N–H and O–H groups in total. The van der Waals surface area contributed by atoms with Gasteiger partial charge in [-0.25, -0.2) is 0 Å². The molecule has 2 heterocycles. The summed E-state index contributed by atoms with van der Waals surface area (Å²) < 4.78 is 9.72. The van der Waals surface area contributed by atoms with Crippen LogP contribution in [0.1, 0.15) is 57.6 Å². The molecule has 1 aliphatic carbocycles. The van der Waals surface area contributed by atoms with Crippen LogP contribution in [0.5, 0.6) is 0 Å². The van der Waals surface area contributed by atoms with Crippen LogP contribution in [-0.4, -0.2) is 29.2 Å². The average molecular weight is 418 g/mol. The van der Waals surface area contributed by atoms with Gasteiger partial charge in [-0.2, -0.15) is 0 Å². The van der Waals surface area contributed by atoms with Crippen molar-refractivity contribution in [2.45, 2.75) is 70.1 Å². The predicted molar refractivity (Wildman–Crippen MR) is 123 cm³/mol. The molecular formula is C25H31N3OSi. The molecule has 3 aromatic rings. The van der Waals surface area contributed by atoms with E-state index >= 15 is 0 Å².